The quantitative estimate of drug-likeness (QED) is 0.606. The molecule has 5 nitrogen and oxygen atoms in total. The van der Waals surface area contributed by atoms with Gasteiger partial charge in [0.05, 0.1) is 5.75 Å². The standard InChI is InChI=1S/C26H31N3O2S/c30-24-19-32-26(29(24)18-17-20-9-5-4-6-10-20)22-15-13-21(14-16-22)25(31)28-27-23-11-7-2-1-3-8-12-23/h4-6,9-10,13-16,26H,1-3,7-8,11-12,17-19H2,(H,28,31)/t26-/m1/s1. The van der Waals surface area contributed by atoms with Gasteiger partial charge in [-0.25, -0.2) is 5.43 Å². The number of carbonyl (C=O) groups excluding carboxylic acids is 2. The molecule has 2 amide bonds. The lowest BCUT2D eigenvalue weighted by Crippen LogP contribution is -2.30. The summed E-state index contributed by atoms with van der Waals surface area (Å²) < 4.78 is 0. The van der Waals surface area contributed by atoms with E-state index in [1.807, 2.05) is 47.4 Å². The first-order valence-electron chi connectivity index (χ1n) is 11.6. The third kappa shape index (κ3) is 6.00. The average molecular weight is 450 g/mol. The Hall–Kier alpha value is -2.60. The number of nitrogens with one attached hydrogen (secondary N) is 1. The van der Waals surface area contributed by atoms with Crippen molar-refractivity contribution in [1.29, 1.82) is 0 Å². The summed E-state index contributed by atoms with van der Waals surface area (Å²) >= 11 is 1.65. The minimum absolute atomic E-state index is 0.00140. The van der Waals surface area contributed by atoms with Crippen LogP contribution in [0.5, 0.6) is 0 Å². The van der Waals surface area contributed by atoms with Gasteiger partial charge in [-0.2, -0.15) is 5.10 Å². The van der Waals surface area contributed by atoms with Crippen LogP contribution in [0.25, 0.3) is 0 Å². The van der Waals surface area contributed by atoms with E-state index in [1.54, 1.807) is 11.8 Å². The van der Waals surface area contributed by atoms with Crippen molar-refractivity contribution in [3.63, 3.8) is 0 Å². The summed E-state index contributed by atoms with van der Waals surface area (Å²) in [5.74, 6) is 0.495. The first kappa shape index (κ1) is 22.6. The van der Waals surface area contributed by atoms with Gasteiger partial charge in [0.1, 0.15) is 5.37 Å². The van der Waals surface area contributed by atoms with E-state index in [-0.39, 0.29) is 17.2 Å². The smallest absolute Gasteiger partial charge is 0.271 e. The van der Waals surface area contributed by atoms with E-state index < -0.39 is 0 Å². The number of amides is 2. The van der Waals surface area contributed by atoms with E-state index in [0.717, 1.165) is 43.4 Å². The Labute approximate surface area is 194 Å². The highest BCUT2D eigenvalue weighted by atomic mass is 32.2. The maximum atomic E-state index is 12.6. The highest BCUT2D eigenvalue weighted by molar-refractivity contribution is 8.00. The molecule has 32 heavy (non-hydrogen) atoms. The number of hydrazone groups is 1. The minimum atomic E-state index is -0.179. The van der Waals surface area contributed by atoms with Crippen LogP contribution in [-0.2, 0) is 11.2 Å². The van der Waals surface area contributed by atoms with Gasteiger partial charge in [0.2, 0.25) is 5.91 Å². The number of hydrogen-bond donors (Lipinski definition) is 1. The Morgan fingerprint density at radius 1 is 0.969 bits per heavy atom. The Morgan fingerprint density at radius 3 is 2.38 bits per heavy atom. The number of nitrogens with zero attached hydrogens (tertiary/aromatic N) is 2. The van der Waals surface area contributed by atoms with Crippen molar-refractivity contribution in [3.05, 3.63) is 71.3 Å². The van der Waals surface area contributed by atoms with Gasteiger partial charge >= 0.3 is 0 Å². The third-order valence-corrected chi connectivity index (χ3v) is 7.41. The maximum Gasteiger partial charge on any atom is 0.271 e. The molecule has 1 N–H and O–H groups in total. The van der Waals surface area contributed by atoms with Crippen molar-refractivity contribution in [2.45, 2.75) is 56.7 Å². The molecule has 0 unspecified atom stereocenters. The van der Waals surface area contributed by atoms with Gasteiger partial charge in [-0.1, -0.05) is 61.7 Å². The second kappa shape index (κ2) is 11.3. The summed E-state index contributed by atoms with van der Waals surface area (Å²) in [7, 11) is 0. The van der Waals surface area contributed by atoms with Gasteiger partial charge in [-0.3, -0.25) is 9.59 Å². The predicted octanol–water partition coefficient (Wildman–Crippen LogP) is 5.33. The predicted molar refractivity (Wildman–Crippen MR) is 131 cm³/mol. The minimum Gasteiger partial charge on any atom is -0.326 e. The molecule has 2 aromatic carbocycles. The molecule has 1 aliphatic carbocycles. The van der Waals surface area contributed by atoms with Crippen LogP contribution < -0.4 is 5.43 Å². The number of carbonyl (C=O) groups is 2. The molecule has 0 radical (unpaired) electrons. The first-order valence-corrected chi connectivity index (χ1v) is 12.7. The fourth-order valence-corrected chi connectivity index (χ4v) is 5.50. The molecule has 2 aromatic rings. The van der Waals surface area contributed by atoms with Gasteiger partial charge in [0.25, 0.3) is 5.91 Å². The molecule has 1 saturated heterocycles. The molecule has 0 bridgehead atoms. The Balaban J connectivity index is 1.36. The van der Waals surface area contributed by atoms with Gasteiger partial charge in [0, 0.05) is 17.8 Å². The summed E-state index contributed by atoms with van der Waals surface area (Å²) in [6.07, 6.45) is 8.90. The molecule has 1 atom stereocenters. The maximum absolute atomic E-state index is 12.6. The molecule has 2 aliphatic rings. The largest absolute Gasteiger partial charge is 0.326 e. The first-order chi connectivity index (χ1) is 15.7. The summed E-state index contributed by atoms with van der Waals surface area (Å²) in [5, 5.41) is 4.39. The van der Waals surface area contributed by atoms with E-state index in [1.165, 1.54) is 24.8 Å². The lowest BCUT2D eigenvalue weighted by Gasteiger charge is -2.24. The van der Waals surface area contributed by atoms with Crippen molar-refractivity contribution >= 4 is 29.3 Å². The summed E-state index contributed by atoms with van der Waals surface area (Å²) in [6, 6.07) is 17.8. The normalized spacial score (nSPS) is 19.4. The van der Waals surface area contributed by atoms with E-state index in [9.17, 15) is 9.59 Å². The zero-order valence-electron chi connectivity index (χ0n) is 18.5. The Bertz CT molecular complexity index is 933. The van der Waals surface area contributed by atoms with Crippen molar-refractivity contribution in [2.75, 3.05) is 12.3 Å². The number of rotatable bonds is 6. The lowest BCUT2D eigenvalue weighted by atomic mass is 9.99. The molecule has 4 rings (SSSR count). The van der Waals surface area contributed by atoms with Crippen molar-refractivity contribution < 1.29 is 9.59 Å². The SMILES string of the molecule is O=C(NN=C1CCCCCCC1)c1ccc([C@H]2SCC(=O)N2CCc2ccccc2)cc1. The number of thioether (sulfide) groups is 1. The molecule has 1 saturated carbocycles. The van der Waals surface area contributed by atoms with Crippen LogP contribution in [0.3, 0.4) is 0 Å². The zero-order chi connectivity index (χ0) is 22.2. The van der Waals surface area contributed by atoms with Crippen LogP contribution >= 0.6 is 11.8 Å². The van der Waals surface area contributed by atoms with Gasteiger partial charge in [-0.15, -0.1) is 11.8 Å². The highest BCUT2D eigenvalue weighted by Crippen LogP contribution is 2.38. The average Bonchev–Trinajstić information content (AvgIpc) is 3.18. The van der Waals surface area contributed by atoms with Crippen LogP contribution in [0, 0.1) is 0 Å². The van der Waals surface area contributed by atoms with Gasteiger partial charge in [-0.05, 0) is 55.4 Å². The van der Waals surface area contributed by atoms with Crippen LogP contribution in [0.4, 0.5) is 0 Å². The lowest BCUT2D eigenvalue weighted by molar-refractivity contribution is -0.128. The monoisotopic (exact) mass is 449 g/mol. The van der Waals surface area contributed by atoms with Crippen molar-refractivity contribution in [1.82, 2.24) is 10.3 Å². The zero-order valence-corrected chi connectivity index (χ0v) is 19.3. The Morgan fingerprint density at radius 2 is 1.66 bits per heavy atom. The van der Waals surface area contributed by atoms with Crippen LogP contribution in [0.1, 0.15) is 71.8 Å². The molecule has 6 heteroatoms. The fraction of sp³-hybridized carbons (Fsp3) is 0.423. The Kier molecular flexibility index (Phi) is 7.99. The van der Waals surface area contributed by atoms with E-state index in [0.29, 0.717) is 17.9 Å². The summed E-state index contributed by atoms with van der Waals surface area (Å²) in [6.45, 7) is 0.695. The van der Waals surface area contributed by atoms with Crippen LogP contribution in [0.2, 0.25) is 0 Å². The van der Waals surface area contributed by atoms with Crippen molar-refractivity contribution in [2.24, 2.45) is 5.10 Å². The van der Waals surface area contributed by atoms with Gasteiger partial charge in [0.15, 0.2) is 0 Å². The summed E-state index contributed by atoms with van der Waals surface area (Å²) in [4.78, 5) is 27.0. The molecule has 0 spiro atoms. The van der Waals surface area contributed by atoms with E-state index in [4.69, 9.17) is 0 Å². The molecule has 1 aliphatic heterocycles. The van der Waals surface area contributed by atoms with E-state index >= 15 is 0 Å². The molecule has 168 valence electrons. The second-order valence-electron chi connectivity index (χ2n) is 8.49. The van der Waals surface area contributed by atoms with Crippen LogP contribution in [0.15, 0.2) is 59.7 Å². The second-order valence-corrected chi connectivity index (χ2v) is 9.56. The fourth-order valence-electron chi connectivity index (χ4n) is 4.28. The highest BCUT2D eigenvalue weighted by Gasteiger charge is 2.32. The van der Waals surface area contributed by atoms with Gasteiger partial charge < -0.3 is 4.90 Å². The summed E-state index contributed by atoms with van der Waals surface area (Å²) in [5.41, 5.74) is 6.72. The number of benzene rings is 2. The topological polar surface area (TPSA) is 61.8 Å². The third-order valence-electron chi connectivity index (χ3n) is 6.16. The number of hydrogen-bond acceptors (Lipinski definition) is 4. The molecule has 0 aromatic heterocycles. The molecular formula is C26H31N3O2S. The van der Waals surface area contributed by atoms with Crippen molar-refractivity contribution in [3.8, 4) is 0 Å². The van der Waals surface area contributed by atoms with Crippen LogP contribution in [-0.4, -0.2) is 34.7 Å². The molecular weight excluding hydrogens is 418 g/mol. The molecule has 1 heterocycles. The van der Waals surface area contributed by atoms with E-state index in [2.05, 4.69) is 22.7 Å². The molecule has 2 fully saturated rings.